The fourth-order valence-electron chi connectivity index (χ4n) is 1.24. The number of aliphatic carboxylic acids is 1. The molecule has 3 heteroatoms. The molecule has 0 spiro atoms. The molecule has 0 bridgehead atoms. The number of carbonyl (C=O) groups is 1. The monoisotopic (exact) mass is 146 g/mol. The van der Waals surface area contributed by atoms with E-state index < -0.39 is 18.6 Å². The van der Waals surface area contributed by atoms with Crippen LogP contribution in [-0.2, 0) is 4.79 Å². The van der Waals surface area contributed by atoms with Gasteiger partial charge in [-0.1, -0.05) is 6.42 Å². The van der Waals surface area contributed by atoms with Gasteiger partial charge in [0.25, 0.3) is 0 Å². The van der Waals surface area contributed by atoms with Crippen molar-refractivity contribution in [3.8, 4) is 0 Å². The third-order valence-electron chi connectivity index (χ3n) is 2.20. The Bertz CT molecular complexity index is 132. The Hall–Kier alpha value is -0.600. The summed E-state index contributed by atoms with van der Waals surface area (Å²) >= 11 is 0. The molecular weight excluding hydrogens is 135 g/mol. The Balaban J connectivity index is 2.39. The third-order valence-corrected chi connectivity index (χ3v) is 2.20. The van der Waals surface area contributed by atoms with E-state index in [9.17, 15) is 9.18 Å². The molecule has 0 aromatic heterocycles. The Morgan fingerprint density at radius 2 is 2.30 bits per heavy atom. The molecule has 1 aliphatic carbocycles. The number of rotatable bonds is 3. The normalized spacial score (nSPS) is 21.7. The summed E-state index contributed by atoms with van der Waals surface area (Å²) in [6.45, 7) is -0.708. The zero-order valence-electron chi connectivity index (χ0n) is 5.72. The van der Waals surface area contributed by atoms with E-state index >= 15 is 0 Å². The highest BCUT2D eigenvalue weighted by Gasteiger charge is 2.32. The highest BCUT2D eigenvalue weighted by Crippen LogP contribution is 2.33. The Kier molecular flexibility index (Phi) is 2.25. The van der Waals surface area contributed by atoms with Crippen LogP contribution in [0.2, 0.25) is 0 Å². The Morgan fingerprint density at radius 3 is 2.40 bits per heavy atom. The molecule has 10 heavy (non-hydrogen) atoms. The van der Waals surface area contributed by atoms with Crippen molar-refractivity contribution in [2.45, 2.75) is 19.3 Å². The largest absolute Gasteiger partial charge is 0.481 e. The van der Waals surface area contributed by atoms with Gasteiger partial charge in [0.1, 0.15) is 6.67 Å². The number of carboxylic acid groups (broad SMARTS) is 1. The number of hydrogen-bond acceptors (Lipinski definition) is 1. The van der Waals surface area contributed by atoms with Crippen LogP contribution >= 0.6 is 0 Å². The van der Waals surface area contributed by atoms with Gasteiger partial charge < -0.3 is 5.11 Å². The van der Waals surface area contributed by atoms with Crippen LogP contribution < -0.4 is 0 Å². The van der Waals surface area contributed by atoms with Crippen LogP contribution in [0.15, 0.2) is 0 Å². The lowest BCUT2D eigenvalue weighted by atomic mass is 9.76. The fourth-order valence-corrected chi connectivity index (χ4v) is 1.24. The van der Waals surface area contributed by atoms with Crippen molar-refractivity contribution in [1.29, 1.82) is 0 Å². The summed E-state index contributed by atoms with van der Waals surface area (Å²) in [7, 11) is 0. The van der Waals surface area contributed by atoms with Crippen LogP contribution in [-0.4, -0.2) is 17.8 Å². The first-order chi connectivity index (χ1) is 4.75. The van der Waals surface area contributed by atoms with Crippen LogP contribution in [0.4, 0.5) is 4.39 Å². The van der Waals surface area contributed by atoms with Crippen LogP contribution in [0, 0.1) is 11.8 Å². The lowest BCUT2D eigenvalue weighted by Gasteiger charge is -2.29. The second-order valence-electron chi connectivity index (χ2n) is 2.79. The minimum Gasteiger partial charge on any atom is -0.481 e. The van der Waals surface area contributed by atoms with E-state index in [-0.39, 0.29) is 5.92 Å². The molecule has 1 atom stereocenters. The van der Waals surface area contributed by atoms with E-state index in [0.29, 0.717) is 0 Å². The van der Waals surface area contributed by atoms with Crippen molar-refractivity contribution in [1.82, 2.24) is 0 Å². The standard InChI is InChI=1S/C7H11FO2/c8-4-6(7(9)10)5-2-1-3-5/h5-6H,1-4H2,(H,9,10). The summed E-state index contributed by atoms with van der Waals surface area (Å²) in [6, 6.07) is 0. The van der Waals surface area contributed by atoms with Gasteiger partial charge in [-0.25, -0.2) is 0 Å². The van der Waals surface area contributed by atoms with Gasteiger partial charge in [-0.05, 0) is 18.8 Å². The topological polar surface area (TPSA) is 37.3 Å². The van der Waals surface area contributed by atoms with E-state index in [1.165, 1.54) is 0 Å². The molecular formula is C7H11FO2. The van der Waals surface area contributed by atoms with Crippen molar-refractivity contribution in [3.05, 3.63) is 0 Å². The van der Waals surface area contributed by atoms with Crippen LogP contribution in [0.1, 0.15) is 19.3 Å². The molecule has 0 amide bonds. The maximum Gasteiger partial charge on any atom is 0.309 e. The van der Waals surface area contributed by atoms with Crippen molar-refractivity contribution in [2.24, 2.45) is 11.8 Å². The molecule has 1 fully saturated rings. The summed E-state index contributed by atoms with van der Waals surface area (Å²) in [6.07, 6.45) is 2.84. The highest BCUT2D eigenvalue weighted by atomic mass is 19.1. The molecule has 0 radical (unpaired) electrons. The number of hydrogen-bond donors (Lipinski definition) is 1. The summed E-state index contributed by atoms with van der Waals surface area (Å²) < 4.78 is 12.0. The quantitative estimate of drug-likeness (QED) is 0.654. The predicted octanol–water partition coefficient (Wildman–Crippen LogP) is 1.46. The Morgan fingerprint density at radius 1 is 1.70 bits per heavy atom. The van der Waals surface area contributed by atoms with Gasteiger partial charge in [0.05, 0.1) is 5.92 Å². The predicted molar refractivity (Wildman–Crippen MR) is 34.4 cm³/mol. The summed E-state index contributed by atoms with van der Waals surface area (Å²) in [5, 5.41) is 8.47. The molecule has 58 valence electrons. The molecule has 1 aliphatic rings. The number of halogens is 1. The number of carboxylic acids is 1. The minimum atomic E-state index is -0.979. The first-order valence-corrected chi connectivity index (χ1v) is 3.54. The van der Waals surface area contributed by atoms with Gasteiger partial charge in [-0.15, -0.1) is 0 Å². The molecule has 1 N–H and O–H groups in total. The fraction of sp³-hybridized carbons (Fsp3) is 0.857. The smallest absolute Gasteiger partial charge is 0.309 e. The average molecular weight is 146 g/mol. The van der Waals surface area contributed by atoms with Crippen molar-refractivity contribution < 1.29 is 14.3 Å². The van der Waals surface area contributed by atoms with Crippen LogP contribution in [0.3, 0.4) is 0 Å². The highest BCUT2D eigenvalue weighted by molar-refractivity contribution is 5.70. The van der Waals surface area contributed by atoms with Crippen molar-refractivity contribution >= 4 is 5.97 Å². The zero-order chi connectivity index (χ0) is 7.56. The zero-order valence-corrected chi connectivity index (χ0v) is 5.72. The van der Waals surface area contributed by atoms with E-state index in [2.05, 4.69) is 0 Å². The van der Waals surface area contributed by atoms with Gasteiger partial charge in [-0.2, -0.15) is 0 Å². The van der Waals surface area contributed by atoms with Crippen molar-refractivity contribution in [2.75, 3.05) is 6.67 Å². The summed E-state index contributed by atoms with van der Waals surface area (Å²) in [5.41, 5.74) is 0. The second kappa shape index (κ2) is 2.99. The van der Waals surface area contributed by atoms with Gasteiger partial charge in [0.2, 0.25) is 0 Å². The van der Waals surface area contributed by atoms with Gasteiger partial charge in [-0.3, -0.25) is 9.18 Å². The second-order valence-corrected chi connectivity index (χ2v) is 2.79. The maximum atomic E-state index is 12.0. The average Bonchev–Trinajstić information content (AvgIpc) is 1.76. The summed E-state index contributed by atoms with van der Waals surface area (Å²) in [5.74, 6) is -1.59. The number of alkyl halides is 1. The molecule has 0 saturated heterocycles. The molecule has 0 aliphatic heterocycles. The SMILES string of the molecule is O=C(O)C(CF)C1CCC1. The van der Waals surface area contributed by atoms with Gasteiger partial charge >= 0.3 is 5.97 Å². The van der Waals surface area contributed by atoms with Gasteiger partial charge in [0.15, 0.2) is 0 Å². The van der Waals surface area contributed by atoms with E-state index in [4.69, 9.17) is 5.11 Å². The third kappa shape index (κ3) is 1.28. The van der Waals surface area contributed by atoms with E-state index in [0.717, 1.165) is 19.3 Å². The summed E-state index contributed by atoms with van der Waals surface area (Å²) in [4.78, 5) is 10.3. The molecule has 0 heterocycles. The van der Waals surface area contributed by atoms with Gasteiger partial charge in [0, 0.05) is 0 Å². The molecule has 1 unspecified atom stereocenters. The van der Waals surface area contributed by atoms with Crippen molar-refractivity contribution in [3.63, 3.8) is 0 Å². The van der Waals surface area contributed by atoms with Crippen LogP contribution in [0.25, 0.3) is 0 Å². The van der Waals surface area contributed by atoms with E-state index in [1.807, 2.05) is 0 Å². The first kappa shape index (κ1) is 7.51. The lowest BCUT2D eigenvalue weighted by Crippen LogP contribution is -2.30. The Labute approximate surface area is 59.0 Å². The maximum absolute atomic E-state index is 12.0. The first-order valence-electron chi connectivity index (χ1n) is 3.54. The molecule has 0 aromatic rings. The van der Waals surface area contributed by atoms with Crippen LogP contribution in [0.5, 0.6) is 0 Å². The molecule has 0 aromatic carbocycles. The minimum absolute atomic E-state index is 0.113. The molecule has 1 rings (SSSR count). The molecule has 2 nitrogen and oxygen atoms in total. The lowest BCUT2D eigenvalue weighted by molar-refractivity contribution is -0.145. The molecule has 1 saturated carbocycles. The van der Waals surface area contributed by atoms with E-state index in [1.54, 1.807) is 0 Å².